The van der Waals surface area contributed by atoms with Gasteiger partial charge in [0.15, 0.2) is 0 Å². The fraction of sp³-hybridized carbons (Fsp3) is 0.222. The van der Waals surface area contributed by atoms with Crippen LogP contribution in [0.5, 0.6) is 0 Å². The zero-order chi connectivity index (χ0) is 17.4. The van der Waals surface area contributed by atoms with Gasteiger partial charge in [-0.25, -0.2) is 18.3 Å². The molecule has 2 aromatic carbocycles. The maximum Gasteiger partial charge on any atom is 0.352 e. The highest BCUT2D eigenvalue weighted by Crippen LogP contribution is 2.18. The number of fused-ring (bicyclic) bond motifs is 3. The molecule has 2 aromatic heterocycles. The number of ether oxygens (including phenoxy) is 1. The summed E-state index contributed by atoms with van der Waals surface area (Å²) in [6.07, 6.45) is 0. The molecule has 0 N–H and O–H groups in total. The zero-order valence-corrected chi connectivity index (χ0v) is 13.7. The minimum Gasteiger partial charge on any atom is -0.383 e. The minimum atomic E-state index is -0.348. The molecule has 0 amide bonds. The second kappa shape index (κ2) is 6.18. The summed E-state index contributed by atoms with van der Waals surface area (Å²) in [5.74, 6) is 0.179. The Bertz CT molecular complexity index is 1110. The molecule has 0 aliphatic carbocycles. The van der Waals surface area contributed by atoms with Crippen molar-refractivity contribution >= 4 is 16.8 Å². The molecule has 0 atom stereocenters. The maximum absolute atomic E-state index is 13.9. The molecule has 0 radical (unpaired) electrons. The lowest BCUT2D eigenvalue weighted by molar-refractivity contribution is 0.189. The van der Waals surface area contributed by atoms with Crippen molar-refractivity contribution < 1.29 is 9.13 Å². The van der Waals surface area contributed by atoms with Crippen LogP contribution in [-0.2, 0) is 17.8 Å². The first-order valence-electron chi connectivity index (χ1n) is 8.00. The Kier molecular flexibility index (Phi) is 3.85. The van der Waals surface area contributed by atoms with Gasteiger partial charge in [0.05, 0.1) is 24.2 Å². The van der Waals surface area contributed by atoms with Crippen molar-refractivity contribution in [1.82, 2.24) is 18.7 Å². The molecule has 0 spiro atoms. The lowest BCUT2D eigenvalue weighted by Crippen LogP contribution is -2.22. The Morgan fingerprint density at radius 2 is 1.80 bits per heavy atom. The summed E-state index contributed by atoms with van der Waals surface area (Å²) in [5, 5.41) is 4.45. The van der Waals surface area contributed by atoms with E-state index in [1.807, 2.05) is 28.8 Å². The van der Waals surface area contributed by atoms with Gasteiger partial charge in [-0.3, -0.25) is 0 Å². The highest BCUT2D eigenvalue weighted by atomic mass is 19.1. The number of methoxy groups -OCH3 is 1. The second-order valence-electron chi connectivity index (χ2n) is 5.80. The van der Waals surface area contributed by atoms with Crippen molar-refractivity contribution in [3.63, 3.8) is 0 Å². The smallest absolute Gasteiger partial charge is 0.352 e. The van der Waals surface area contributed by atoms with Gasteiger partial charge in [0.2, 0.25) is 5.78 Å². The molecule has 0 unspecified atom stereocenters. The lowest BCUT2D eigenvalue weighted by atomic mass is 10.2. The monoisotopic (exact) mass is 340 g/mol. The van der Waals surface area contributed by atoms with E-state index >= 15 is 0 Å². The second-order valence-corrected chi connectivity index (χ2v) is 5.80. The summed E-state index contributed by atoms with van der Waals surface area (Å²) in [6, 6.07) is 14.0. The van der Waals surface area contributed by atoms with Crippen LogP contribution in [0.3, 0.4) is 0 Å². The predicted molar refractivity (Wildman–Crippen MR) is 92.3 cm³/mol. The summed E-state index contributed by atoms with van der Waals surface area (Å²) >= 11 is 0. The van der Waals surface area contributed by atoms with E-state index in [1.54, 1.807) is 29.7 Å². The fourth-order valence-corrected chi connectivity index (χ4v) is 3.07. The third-order valence-electron chi connectivity index (χ3n) is 4.27. The fourth-order valence-electron chi connectivity index (χ4n) is 3.07. The molecular formula is C18H17FN4O2. The van der Waals surface area contributed by atoms with Crippen molar-refractivity contribution in [2.45, 2.75) is 13.1 Å². The number of benzene rings is 2. The molecule has 25 heavy (non-hydrogen) atoms. The van der Waals surface area contributed by atoms with E-state index in [0.29, 0.717) is 24.5 Å². The number of para-hydroxylation sites is 2. The summed E-state index contributed by atoms with van der Waals surface area (Å²) in [4.78, 5) is 12.8. The van der Waals surface area contributed by atoms with Crippen LogP contribution in [0.25, 0.3) is 16.8 Å². The topological polar surface area (TPSA) is 53.5 Å². The largest absolute Gasteiger partial charge is 0.383 e. The molecule has 2 heterocycles. The Morgan fingerprint density at radius 3 is 2.56 bits per heavy atom. The first kappa shape index (κ1) is 15.6. The van der Waals surface area contributed by atoms with Crippen LogP contribution in [0.4, 0.5) is 4.39 Å². The van der Waals surface area contributed by atoms with Gasteiger partial charge in [0.1, 0.15) is 5.82 Å². The molecule has 0 saturated carbocycles. The van der Waals surface area contributed by atoms with E-state index in [4.69, 9.17) is 4.74 Å². The third-order valence-corrected chi connectivity index (χ3v) is 4.27. The highest BCUT2D eigenvalue weighted by molar-refractivity contribution is 5.80. The van der Waals surface area contributed by atoms with Crippen molar-refractivity contribution in [3.8, 4) is 0 Å². The molecule has 6 nitrogen and oxygen atoms in total. The standard InChI is InChI=1S/C18H17FN4O2/c1-25-11-10-21-15-8-4-5-9-16(15)23-17(21)20-22(18(23)24)12-13-6-2-3-7-14(13)19/h2-9H,10-12H2,1H3. The normalized spacial score (nSPS) is 11.6. The van der Waals surface area contributed by atoms with Crippen LogP contribution < -0.4 is 5.69 Å². The molecule has 0 bridgehead atoms. The van der Waals surface area contributed by atoms with E-state index in [0.717, 1.165) is 11.0 Å². The Morgan fingerprint density at radius 1 is 1.08 bits per heavy atom. The van der Waals surface area contributed by atoms with Crippen LogP contribution in [0.15, 0.2) is 53.3 Å². The van der Waals surface area contributed by atoms with Gasteiger partial charge in [-0.15, -0.1) is 5.10 Å². The van der Waals surface area contributed by atoms with Gasteiger partial charge < -0.3 is 9.30 Å². The van der Waals surface area contributed by atoms with Gasteiger partial charge in [-0.2, -0.15) is 0 Å². The first-order chi connectivity index (χ1) is 12.2. The number of aromatic nitrogens is 4. The lowest BCUT2D eigenvalue weighted by Gasteiger charge is -2.04. The molecule has 4 rings (SSSR count). The molecule has 4 aromatic rings. The molecule has 0 aliphatic rings. The average molecular weight is 340 g/mol. The number of hydrogen-bond acceptors (Lipinski definition) is 3. The summed E-state index contributed by atoms with van der Waals surface area (Å²) in [5.41, 5.74) is 1.83. The highest BCUT2D eigenvalue weighted by Gasteiger charge is 2.17. The molecule has 7 heteroatoms. The summed E-state index contributed by atoms with van der Waals surface area (Å²) in [6.45, 7) is 1.16. The van der Waals surface area contributed by atoms with Crippen molar-refractivity contribution in [3.05, 3.63) is 70.4 Å². The molecule has 128 valence electrons. The van der Waals surface area contributed by atoms with Crippen molar-refractivity contribution in [1.29, 1.82) is 0 Å². The number of rotatable bonds is 5. The molecule has 0 aliphatic heterocycles. The average Bonchev–Trinajstić information content (AvgIpc) is 3.10. The maximum atomic E-state index is 13.9. The van der Waals surface area contributed by atoms with E-state index in [2.05, 4.69) is 5.10 Å². The van der Waals surface area contributed by atoms with Crippen LogP contribution in [0.2, 0.25) is 0 Å². The molecule has 0 saturated heterocycles. The van der Waals surface area contributed by atoms with Gasteiger partial charge >= 0.3 is 5.69 Å². The van der Waals surface area contributed by atoms with Crippen molar-refractivity contribution in [2.24, 2.45) is 0 Å². The van der Waals surface area contributed by atoms with E-state index in [1.165, 1.54) is 10.7 Å². The van der Waals surface area contributed by atoms with E-state index in [9.17, 15) is 9.18 Å². The van der Waals surface area contributed by atoms with Gasteiger partial charge in [0.25, 0.3) is 0 Å². The zero-order valence-electron chi connectivity index (χ0n) is 13.7. The van der Waals surface area contributed by atoms with Crippen LogP contribution in [0, 0.1) is 5.82 Å². The summed E-state index contributed by atoms with van der Waals surface area (Å²) in [7, 11) is 1.63. The first-order valence-corrected chi connectivity index (χ1v) is 8.00. The Hall–Kier alpha value is -2.93. The van der Waals surface area contributed by atoms with Crippen LogP contribution in [0.1, 0.15) is 5.56 Å². The Labute approximate surface area is 142 Å². The van der Waals surface area contributed by atoms with Gasteiger partial charge in [-0.1, -0.05) is 30.3 Å². The predicted octanol–water partition coefficient (Wildman–Crippen LogP) is 2.28. The van der Waals surface area contributed by atoms with Crippen LogP contribution >= 0.6 is 0 Å². The number of nitrogens with zero attached hydrogens (tertiary/aromatic N) is 4. The number of halogens is 1. The van der Waals surface area contributed by atoms with E-state index in [-0.39, 0.29) is 18.1 Å². The quantitative estimate of drug-likeness (QED) is 0.560. The third kappa shape index (κ3) is 2.53. The minimum absolute atomic E-state index is 0.0891. The number of imidazole rings is 1. The summed E-state index contributed by atoms with van der Waals surface area (Å²) < 4.78 is 23.9. The molecular weight excluding hydrogens is 323 g/mol. The SMILES string of the molecule is COCCn1c2ccccc2n2c(=O)n(Cc3ccccc3F)nc12. The van der Waals surface area contributed by atoms with Crippen LogP contribution in [-0.4, -0.2) is 32.5 Å². The Balaban J connectivity index is 1.90. The number of hydrogen-bond donors (Lipinski definition) is 0. The molecule has 0 fully saturated rings. The van der Waals surface area contributed by atoms with Crippen molar-refractivity contribution in [2.75, 3.05) is 13.7 Å². The van der Waals surface area contributed by atoms with Gasteiger partial charge in [-0.05, 0) is 18.2 Å². The van der Waals surface area contributed by atoms with Gasteiger partial charge in [0, 0.05) is 19.2 Å². The van der Waals surface area contributed by atoms with E-state index < -0.39 is 0 Å².